The lowest BCUT2D eigenvalue weighted by molar-refractivity contribution is 0.112. The van der Waals surface area contributed by atoms with Crippen molar-refractivity contribution in [2.24, 2.45) is 0 Å². The van der Waals surface area contributed by atoms with Crippen LogP contribution in [0.5, 0.6) is 0 Å². The molecule has 1 aromatic carbocycles. The third kappa shape index (κ3) is 5.25. The summed E-state index contributed by atoms with van der Waals surface area (Å²) in [4.78, 5) is 14.8. The van der Waals surface area contributed by atoms with Crippen molar-refractivity contribution in [3.63, 3.8) is 0 Å². The van der Waals surface area contributed by atoms with Gasteiger partial charge in [0.2, 0.25) is 0 Å². The van der Waals surface area contributed by atoms with Crippen LogP contribution in [-0.2, 0) is 4.74 Å². The highest BCUT2D eigenvalue weighted by Gasteiger charge is 2.28. The molecule has 1 aromatic rings. The minimum atomic E-state index is -0.175. The second-order valence-electron chi connectivity index (χ2n) is 7.84. The van der Waals surface area contributed by atoms with Gasteiger partial charge in [-0.2, -0.15) is 0 Å². The van der Waals surface area contributed by atoms with E-state index in [0.29, 0.717) is 12.6 Å². The monoisotopic (exact) mass is 413 g/mol. The molecule has 2 aliphatic rings. The van der Waals surface area contributed by atoms with Gasteiger partial charge in [0, 0.05) is 48.2 Å². The van der Waals surface area contributed by atoms with E-state index >= 15 is 0 Å². The van der Waals surface area contributed by atoms with Gasteiger partial charge < -0.3 is 20.3 Å². The lowest BCUT2D eigenvalue weighted by atomic mass is 9.88. The summed E-state index contributed by atoms with van der Waals surface area (Å²) in [5.74, 6) is 0. The number of nitrogens with one attached hydrogen (secondary N) is 2. The molecule has 0 spiro atoms. The Kier molecular flexibility index (Phi) is 8.97. The van der Waals surface area contributed by atoms with Gasteiger partial charge in [-0.15, -0.1) is 0 Å². The van der Waals surface area contributed by atoms with Crippen LogP contribution in [0.15, 0.2) is 30.0 Å². The molecule has 2 heterocycles. The molecule has 0 saturated carbocycles. The van der Waals surface area contributed by atoms with Crippen molar-refractivity contribution in [1.29, 1.82) is 0 Å². The van der Waals surface area contributed by atoms with Crippen molar-refractivity contribution in [1.82, 2.24) is 5.32 Å². The Balaban J connectivity index is 0.00000155. The highest BCUT2D eigenvalue weighted by Crippen LogP contribution is 2.44. The van der Waals surface area contributed by atoms with E-state index in [4.69, 9.17) is 4.74 Å². The molecule has 3 rings (SSSR count). The molecule has 0 radical (unpaired) electrons. The van der Waals surface area contributed by atoms with Gasteiger partial charge in [0.25, 0.3) is 0 Å². The molecule has 2 amide bonds. The summed E-state index contributed by atoms with van der Waals surface area (Å²) < 4.78 is 5.57. The van der Waals surface area contributed by atoms with Crippen molar-refractivity contribution >= 4 is 23.0 Å². The summed E-state index contributed by atoms with van der Waals surface area (Å²) in [5.41, 5.74) is 7.05. The Morgan fingerprint density at radius 1 is 1.27 bits per heavy atom. The number of allylic oxidation sites excluding steroid dienone is 3. The number of amides is 2. The molecule has 5 heteroatoms. The van der Waals surface area contributed by atoms with Crippen LogP contribution in [0.4, 0.5) is 16.2 Å². The standard InChI is InChI=1S/C23H33N3O2.C2H6/c1-6-17-13-18(7-2)26(15(3)4)21-11-10-20(16(5)22(17)21)25-23(27)24-14-19-9-8-12-28-19;1-2/h6-7,10-11,15,19H,8-9,12-14H2,1-5H3,(H2,24,25,27);1-2H3/b17-6+,18-7+;. The van der Waals surface area contributed by atoms with Crippen LogP contribution in [0.2, 0.25) is 0 Å². The van der Waals surface area contributed by atoms with E-state index in [1.807, 2.05) is 19.9 Å². The third-order valence-corrected chi connectivity index (χ3v) is 5.67. The van der Waals surface area contributed by atoms with E-state index in [2.05, 4.69) is 68.4 Å². The number of benzene rings is 1. The van der Waals surface area contributed by atoms with Crippen LogP contribution < -0.4 is 15.5 Å². The second-order valence-corrected chi connectivity index (χ2v) is 7.84. The summed E-state index contributed by atoms with van der Waals surface area (Å²) in [6.45, 7) is 16.1. The number of nitrogens with zero attached hydrogens (tertiary/aromatic N) is 1. The van der Waals surface area contributed by atoms with Gasteiger partial charge >= 0.3 is 6.03 Å². The Morgan fingerprint density at radius 3 is 2.57 bits per heavy atom. The van der Waals surface area contributed by atoms with E-state index < -0.39 is 0 Å². The van der Waals surface area contributed by atoms with Gasteiger partial charge in [-0.1, -0.05) is 26.0 Å². The van der Waals surface area contributed by atoms with E-state index in [1.165, 1.54) is 22.5 Å². The van der Waals surface area contributed by atoms with Crippen LogP contribution in [0.3, 0.4) is 0 Å². The molecule has 2 N–H and O–H groups in total. The highest BCUT2D eigenvalue weighted by molar-refractivity contribution is 5.94. The number of rotatable bonds is 4. The number of carbonyl (C=O) groups is 1. The van der Waals surface area contributed by atoms with Crippen LogP contribution in [0.25, 0.3) is 5.57 Å². The van der Waals surface area contributed by atoms with E-state index in [1.54, 1.807) is 0 Å². The average Bonchev–Trinajstić information content (AvgIpc) is 3.28. The van der Waals surface area contributed by atoms with E-state index in [-0.39, 0.29) is 12.1 Å². The van der Waals surface area contributed by atoms with Crippen LogP contribution in [0.1, 0.15) is 71.9 Å². The summed E-state index contributed by atoms with van der Waals surface area (Å²) in [7, 11) is 0. The van der Waals surface area contributed by atoms with Crippen molar-refractivity contribution in [3.8, 4) is 0 Å². The summed E-state index contributed by atoms with van der Waals surface area (Å²) in [6, 6.07) is 4.34. The molecule has 0 bridgehead atoms. The Labute approximate surface area is 182 Å². The number of urea groups is 1. The molecule has 5 nitrogen and oxygen atoms in total. The van der Waals surface area contributed by atoms with Crippen LogP contribution in [0, 0.1) is 6.92 Å². The maximum Gasteiger partial charge on any atom is 0.319 e. The predicted molar refractivity (Wildman–Crippen MR) is 128 cm³/mol. The molecule has 0 aliphatic carbocycles. The fourth-order valence-corrected chi connectivity index (χ4v) is 4.24. The summed E-state index contributed by atoms with van der Waals surface area (Å²) in [6.07, 6.45) is 7.53. The largest absolute Gasteiger partial charge is 0.376 e. The van der Waals surface area contributed by atoms with Gasteiger partial charge in [-0.25, -0.2) is 4.79 Å². The Hall–Kier alpha value is -2.27. The van der Waals surface area contributed by atoms with Gasteiger partial charge in [0.05, 0.1) is 6.10 Å². The zero-order valence-corrected chi connectivity index (χ0v) is 19.8. The molecular weight excluding hydrogens is 374 g/mol. The van der Waals surface area contributed by atoms with Gasteiger partial charge in [0.1, 0.15) is 0 Å². The lowest BCUT2D eigenvalue weighted by Crippen LogP contribution is -2.36. The first kappa shape index (κ1) is 24.0. The van der Waals surface area contributed by atoms with Gasteiger partial charge in [0.15, 0.2) is 0 Å². The fraction of sp³-hybridized carbons (Fsp3) is 0.560. The molecule has 166 valence electrons. The maximum atomic E-state index is 12.4. The SMILES string of the molecule is C/C=C1\C/C(=C\C)N(C(C)C)c2ccc(NC(=O)NCC3CCCO3)c(C)c21.CC. The minimum Gasteiger partial charge on any atom is -0.376 e. The molecule has 30 heavy (non-hydrogen) atoms. The predicted octanol–water partition coefficient (Wildman–Crippen LogP) is 6.25. The van der Waals surface area contributed by atoms with Gasteiger partial charge in [-0.3, -0.25) is 0 Å². The number of fused-ring (bicyclic) bond motifs is 1. The smallest absolute Gasteiger partial charge is 0.319 e. The molecule has 1 fully saturated rings. The molecule has 0 aromatic heterocycles. The minimum absolute atomic E-state index is 0.142. The zero-order valence-electron chi connectivity index (χ0n) is 19.8. The summed E-state index contributed by atoms with van der Waals surface area (Å²) >= 11 is 0. The zero-order chi connectivity index (χ0) is 22.3. The normalized spacial score (nSPS) is 20.8. The first-order chi connectivity index (χ1) is 14.5. The number of ether oxygens (including phenoxy) is 1. The Morgan fingerprint density at radius 2 is 2.00 bits per heavy atom. The van der Waals surface area contributed by atoms with Gasteiger partial charge in [-0.05, 0) is 70.7 Å². The highest BCUT2D eigenvalue weighted by atomic mass is 16.5. The lowest BCUT2D eigenvalue weighted by Gasteiger charge is -2.39. The average molecular weight is 414 g/mol. The van der Waals surface area contributed by atoms with Crippen molar-refractivity contribution in [2.45, 2.75) is 79.9 Å². The number of carbonyl (C=O) groups excluding carboxylic acids is 1. The maximum absolute atomic E-state index is 12.4. The third-order valence-electron chi connectivity index (χ3n) is 5.67. The van der Waals surface area contributed by atoms with Crippen molar-refractivity contribution in [2.75, 3.05) is 23.4 Å². The molecule has 1 unspecified atom stereocenters. The Bertz CT molecular complexity index is 790. The molecule has 2 aliphatic heterocycles. The first-order valence-corrected chi connectivity index (χ1v) is 11.4. The van der Waals surface area contributed by atoms with Crippen molar-refractivity contribution in [3.05, 3.63) is 41.1 Å². The number of hydrogen-bond donors (Lipinski definition) is 2. The van der Waals surface area contributed by atoms with Crippen molar-refractivity contribution < 1.29 is 9.53 Å². The number of anilines is 2. The topological polar surface area (TPSA) is 53.6 Å². The van der Waals surface area contributed by atoms with Crippen LogP contribution >= 0.6 is 0 Å². The van der Waals surface area contributed by atoms with Crippen LogP contribution in [-0.4, -0.2) is 31.3 Å². The quantitative estimate of drug-likeness (QED) is 0.613. The fourth-order valence-electron chi connectivity index (χ4n) is 4.24. The summed E-state index contributed by atoms with van der Waals surface area (Å²) in [5, 5.41) is 5.97. The van der Waals surface area contributed by atoms with E-state index in [0.717, 1.165) is 37.1 Å². The molecule has 1 saturated heterocycles. The molecule has 1 atom stereocenters. The van der Waals surface area contributed by atoms with E-state index in [9.17, 15) is 4.79 Å². The second kappa shape index (κ2) is 11.2. The number of hydrogen-bond acceptors (Lipinski definition) is 3. The molecular formula is C25H39N3O2. The first-order valence-electron chi connectivity index (χ1n) is 11.4.